The number of carbonyl (C=O) groups is 1. The van der Waals surface area contributed by atoms with Gasteiger partial charge in [-0.05, 0) is 31.2 Å². The van der Waals surface area contributed by atoms with Gasteiger partial charge in [0.25, 0.3) is 15.9 Å². The van der Waals surface area contributed by atoms with Gasteiger partial charge in [0.1, 0.15) is 18.9 Å². The molecule has 2 aromatic rings. The summed E-state index contributed by atoms with van der Waals surface area (Å²) in [7, 11) is -3.97. The Morgan fingerprint density at radius 1 is 1.27 bits per heavy atom. The minimum absolute atomic E-state index is 0.0744. The van der Waals surface area contributed by atoms with Crippen molar-refractivity contribution < 1.29 is 17.9 Å². The molecule has 0 radical (unpaired) electrons. The summed E-state index contributed by atoms with van der Waals surface area (Å²) >= 11 is 0. The number of ether oxygens (including phenoxy) is 1. The minimum atomic E-state index is -3.97. The van der Waals surface area contributed by atoms with Gasteiger partial charge in [-0.3, -0.25) is 14.5 Å². The zero-order valence-corrected chi connectivity index (χ0v) is 15.2. The van der Waals surface area contributed by atoms with Crippen LogP contribution in [0.1, 0.15) is 5.56 Å². The molecule has 0 unspecified atom stereocenters. The zero-order chi connectivity index (χ0) is 19.2. The SMILES string of the molecule is C=CCOc1cccc(N(CC(=O)NN)S(=O)(=O)c2ccc(C)cc2)c1. The normalized spacial score (nSPS) is 10.8. The summed E-state index contributed by atoms with van der Waals surface area (Å²) in [5.74, 6) is 4.96. The maximum atomic E-state index is 13.1. The van der Waals surface area contributed by atoms with Crippen molar-refractivity contribution in [3.05, 3.63) is 66.7 Å². The van der Waals surface area contributed by atoms with E-state index in [2.05, 4.69) is 6.58 Å². The van der Waals surface area contributed by atoms with Crippen LogP contribution in [0.15, 0.2) is 66.1 Å². The van der Waals surface area contributed by atoms with Crippen molar-refractivity contribution in [2.24, 2.45) is 5.84 Å². The molecule has 7 nitrogen and oxygen atoms in total. The highest BCUT2D eigenvalue weighted by Crippen LogP contribution is 2.27. The van der Waals surface area contributed by atoms with Gasteiger partial charge in [-0.15, -0.1) is 0 Å². The average Bonchev–Trinajstić information content (AvgIpc) is 2.64. The molecule has 26 heavy (non-hydrogen) atoms. The van der Waals surface area contributed by atoms with Crippen molar-refractivity contribution in [1.82, 2.24) is 5.43 Å². The van der Waals surface area contributed by atoms with Gasteiger partial charge in [0.15, 0.2) is 0 Å². The molecule has 0 aromatic heterocycles. The maximum absolute atomic E-state index is 13.1. The molecule has 0 fully saturated rings. The topological polar surface area (TPSA) is 102 Å². The highest BCUT2D eigenvalue weighted by molar-refractivity contribution is 7.92. The lowest BCUT2D eigenvalue weighted by Gasteiger charge is -2.24. The van der Waals surface area contributed by atoms with E-state index in [9.17, 15) is 13.2 Å². The number of anilines is 1. The monoisotopic (exact) mass is 375 g/mol. The largest absolute Gasteiger partial charge is 0.489 e. The van der Waals surface area contributed by atoms with Crippen molar-refractivity contribution >= 4 is 21.6 Å². The average molecular weight is 375 g/mol. The Balaban J connectivity index is 2.47. The number of sulfonamides is 1. The van der Waals surface area contributed by atoms with Gasteiger partial charge in [0, 0.05) is 6.07 Å². The minimum Gasteiger partial charge on any atom is -0.489 e. The molecule has 0 saturated heterocycles. The van der Waals surface area contributed by atoms with E-state index in [-0.39, 0.29) is 17.2 Å². The first kappa shape index (κ1) is 19.5. The van der Waals surface area contributed by atoms with Crippen LogP contribution in [0.25, 0.3) is 0 Å². The Morgan fingerprint density at radius 3 is 2.58 bits per heavy atom. The van der Waals surface area contributed by atoms with Crippen LogP contribution in [0.3, 0.4) is 0 Å². The van der Waals surface area contributed by atoms with Crippen LogP contribution in [-0.2, 0) is 14.8 Å². The summed E-state index contributed by atoms with van der Waals surface area (Å²) in [5.41, 5.74) is 3.17. The van der Waals surface area contributed by atoms with Gasteiger partial charge < -0.3 is 4.74 Å². The highest BCUT2D eigenvalue weighted by Gasteiger charge is 2.27. The number of benzene rings is 2. The van der Waals surface area contributed by atoms with Crippen LogP contribution in [0.4, 0.5) is 5.69 Å². The van der Waals surface area contributed by atoms with Crippen molar-refractivity contribution in [2.75, 3.05) is 17.5 Å². The quantitative estimate of drug-likeness (QED) is 0.317. The first-order chi connectivity index (χ1) is 12.4. The van der Waals surface area contributed by atoms with Crippen molar-refractivity contribution in [2.45, 2.75) is 11.8 Å². The molecule has 3 N–H and O–H groups in total. The number of nitrogens with zero attached hydrogens (tertiary/aromatic N) is 1. The Morgan fingerprint density at radius 2 is 1.96 bits per heavy atom. The van der Waals surface area contributed by atoms with Crippen LogP contribution in [0.2, 0.25) is 0 Å². The van der Waals surface area contributed by atoms with E-state index in [4.69, 9.17) is 10.6 Å². The van der Waals surface area contributed by atoms with Gasteiger partial charge in [0.05, 0.1) is 10.6 Å². The zero-order valence-electron chi connectivity index (χ0n) is 14.4. The second-order valence-electron chi connectivity index (χ2n) is 5.49. The van der Waals surface area contributed by atoms with Crippen LogP contribution < -0.4 is 20.3 Å². The molecule has 0 aliphatic rings. The Labute approximate surface area is 153 Å². The summed E-state index contributed by atoms with van der Waals surface area (Å²) in [6.07, 6.45) is 1.58. The molecule has 0 aliphatic heterocycles. The second kappa shape index (κ2) is 8.50. The number of hydrazine groups is 1. The van der Waals surface area contributed by atoms with Crippen molar-refractivity contribution in [3.8, 4) is 5.75 Å². The predicted molar refractivity (Wildman–Crippen MR) is 100 cm³/mol. The van der Waals surface area contributed by atoms with Crippen LogP contribution in [-0.4, -0.2) is 27.5 Å². The van der Waals surface area contributed by atoms with Crippen molar-refractivity contribution in [1.29, 1.82) is 0 Å². The molecule has 2 aromatic carbocycles. The molecular weight excluding hydrogens is 354 g/mol. The lowest BCUT2D eigenvalue weighted by molar-refractivity contribution is -0.119. The standard InChI is InChI=1S/C18H21N3O4S/c1-3-11-25-16-6-4-5-15(12-16)21(13-18(22)20-19)26(23,24)17-9-7-14(2)8-10-17/h3-10,12H,1,11,13,19H2,2H3,(H,20,22). The van der Waals surface area contributed by atoms with Crippen LogP contribution in [0, 0.1) is 6.92 Å². The molecular formula is C18H21N3O4S. The first-order valence-corrected chi connectivity index (χ1v) is 9.25. The van der Waals surface area contributed by atoms with Gasteiger partial charge in [0.2, 0.25) is 0 Å². The van der Waals surface area contributed by atoms with Gasteiger partial charge in [-0.1, -0.05) is 36.4 Å². The van der Waals surface area contributed by atoms with Crippen LogP contribution in [0.5, 0.6) is 5.75 Å². The van der Waals surface area contributed by atoms with E-state index in [1.54, 1.807) is 42.5 Å². The molecule has 0 bridgehead atoms. The molecule has 138 valence electrons. The summed E-state index contributed by atoms with van der Waals surface area (Å²) in [6.45, 7) is 5.24. The van der Waals surface area contributed by atoms with E-state index < -0.39 is 22.5 Å². The number of nitrogens with two attached hydrogens (primary N) is 1. The molecule has 8 heteroatoms. The van der Waals surface area contributed by atoms with Crippen molar-refractivity contribution in [3.63, 3.8) is 0 Å². The number of hydrogen-bond donors (Lipinski definition) is 2. The fourth-order valence-electron chi connectivity index (χ4n) is 2.21. The third-order valence-corrected chi connectivity index (χ3v) is 5.32. The second-order valence-corrected chi connectivity index (χ2v) is 7.35. The molecule has 0 aliphatic carbocycles. The first-order valence-electron chi connectivity index (χ1n) is 7.81. The Kier molecular flexibility index (Phi) is 6.37. The van der Waals surface area contributed by atoms with E-state index in [0.29, 0.717) is 5.75 Å². The number of hydrogen-bond acceptors (Lipinski definition) is 5. The smallest absolute Gasteiger partial charge is 0.264 e. The number of carbonyl (C=O) groups excluding carboxylic acids is 1. The van der Waals surface area contributed by atoms with Gasteiger partial charge in [-0.2, -0.15) is 0 Å². The molecule has 0 saturated carbocycles. The van der Waals surface area contributed by atoms with E-state index in [1.807, 2.05) is 12.3 Å². The van der Waals surface area contributed by atoms with E-state index in [0.717, 1.165) is 9.87 Å². The molecule has 0 atom stereocenters. The fraction of sp³-hybridized carbons (Fsp3) is 0.167. The maximum Gasteiger partial charge on any atom is 0.264 e. The number of aryl methyl sites for hydroxylation is 1. The lowest BCUT2D eigenvalue weighted by Crippen LogP contribution is -2.43. The summed E-state index contributed by atoms with van der Waals surface area (Å²) in [5, 5.41) is 0. The lowest BCUT2D eigenvalue weighted by atomic mass is 10.2. The molecule has 0 heterocycles. The molecule has 0 spiro atoms. The predicted octanol–water partition coefficient (Wildman–Crippen LogP) is 1.75. The van der Waals surface area contributed by atoms with E-state index in [1.165, 1.54) is 12.1 Å². The van der Waals surface area contributed by atoms with Gasteiger partial charge >= 0.3 is 0 Å². The Hall–Kier alpha value is -2.84. The third kappa shape index (κ3) is 4.62. The van der Waals surface area contributed by atoms with E-state index >= 15 is 0 Å². The Bertz CT molecular complexity index is 880. The molecule has 2 rings (SSSR count). The van der Waals surface area contributed by atoms with Crippen LogP contribution >= 0.6 is 0 Å². The summed E-state index contributed by atoms with van der Waals surface area (Å²) < 4.78 is 32.6. The third-order valence-electron chi connectivity index (χ3n) is 3.53. The number of amides is 1. The number of nitrogens with one attached hydrogen (secondary N) is 1. The van der Waals surface area contributed by atoms with Gasteiger partial charge in [-0.25, -0.2) is 14.3 Å². The summed E-state index contributed by atoms with van der Waals surface area (Å²) in [6, 6.07) is 12.8. The molecule has 1 amide bonds. The fourth-order valence-corrected chi connectivity index (χ4v) is 3.62. The number of rotatable bonds is 8. The summed E-state index contributed by atoms with van der Waals surface area (Å²) in [4.78, 5) is 11.9. The highest BCUT2D eigenvalue weighted by atomic mass is 32.2.